The first-order valence-electron chi connectivity index (χ1n) is 12.6. The molecule has 182 valence electrons. The van der Waals surface area contributed by atoms with Crippen molar-refractivity contribution in [2.24, 2.45) is 17.8 Å². The molecule has 1 amide bonds. The minimum Gasteiger partial charge on any atom is -0.396 e. The average Bonchev–Trinajstić information content (AvgIpc) is 3.60. The fourth-order valence-corrected chi connectivity index (χ4v) is 6.61. The van der Waals surface area contributed by atoms with Crippen LogP contribution in [0.2, 0.25) is 5.02 Å². The van der Waals surface area contributed by atoms with Gasteiger partial charge in [0.15, 0.2) is 0 Å². The minimum absolute atomic E-state index is 0.0518. The van der Waals surface area contributed by atoms with E-state index in [4.69, 9.17) is 17.3 Å². The van der Waals surface area contributed by atoms with E-state index in [1.807, 2.05) is 24.3 Å². The van der Waals surface area contributed by atoms with Crippen molar-refractivity contribution in [1.29, 1.82) is 0 Å². The van der Waals surface area contributed by atoms with Crippen LogP contribution in [-0.2, 0) is 16.8 Å². The molecule has 0 bridgehead atoms. The Bertz CT molecular complexity index is 1000. The molecule has 34 heavy (non-hydrogen) atoms. The maximum absolute atomic E-state index is 13.3. The summed E-state index contributed by atoms with van der Waals surface area (Å²) in [6.45, 7) is 4.62. The van der Waals surface area contributed by atoms with E-state index in [9.17, 15) is 9.90 Å². The number of carbonyl (C=O) groups is 1. The Labute approximate surface area is 207 Å². The molecule has 2 atom stereocenters. The highest BCUT2D eigenvalue weighted by molar-refractivity contribution is 6.30. The number of rotatable bonds is 6. The standard InChI is InChI=1S/C27H35ClN4O2/c28-24-3-1-21(2-4-24)27(16-23(27)18-33)22-8-13-32(14-9-22)26(34)20-6-11-31(12-7-20)17-19-5-10-30-25(29)15-19/h1-5,10,15,20,22-23,33H,6-9,11-14,16-18H2,(H2,29,30)/t23-,27-/m1/s1. The quantitative estimate of drug-likeness (QED) is 0.655. The average molecular weight is 483 g/mol. The van der Waals surface area contributed by atoms with Crippen LogP contribution in [0.3, 0.4) is 0 Å². The van der Waals surface area contributed by atoms with E-state index in [0.29, 0.717) is 23.6 Å². The molecular weight excluding hydrogens is 448 g/mol. The number of pyridine rings is 1. The van der Waals surface area contributed by atoms with Crippen molar-refractivity contribution in [1.82, 2.24) is 14.8 Å². The summed E-state index contributed by atoms with van der Waals surface area (Å²) in [5.74, 6) is 1.85. The molecule has 1 saturated carbocycles. The summed E-state index contributed by atoms with van der Waals surface area (Å²) in [4.78, 5) is 21.9. The summed E-state index contributed by atoms with van der Waals surface area (Å²) < 4.78 is 0. The van der Waals surface area contributed by atoms with Gasteiger partial charge in [-0.1, -0.05) is 23.7 Å². The number of halogens is 1. The lowest BCUT2D eigenvalue weighted by atomic mass is 9.75. The number of aliphatic hydroxyl groups excluding tert-OH is 1. The largest absolute Gasteiger partial charge is 0.396 e. The maximum atomic E-state index is 13.3. The van der Waals surface area contributed by atoms with Crippen molar-refractivity contribution < 1.29 is 9.90 Å². The SMILES string of the molecule is Nc1cc(CN2CCC(C(=O)N3CCC([C@]4(c5ccc(Cl)cc5)C[C@@H]4CO)CC3)CC2)ccn1. The zero-order chi connectivity index (χ0) is 23.7. The van der Waals surface area contributed by atoms with E-state index in [-0.39, 0.29) is 17.9 Å². The van der Waals surface area contributed by atoms with Crippen molar-refractivity contribution >= 4 is 23.3 Å². The van der Waals surface area contributed by atoms with Crippen molar-refractivity contribution in [3.05, 3.63) is 58.7 Å². The van der Waals surface area contributed by atoms with Gasteiger partial charge in [-0.3, -0.25) is 9.69 Å². The molecular formula is C27H35ClN4O2. The highest BCUT2D eigenvalue weighted by Gasteiger charge is 2.59. The lowest BCUT2D eigenvalue weighted by Gasteiger charge is -2.40. The van der Waals surface area contributed by atoms with Crippen LogP contribution in [0.15, 0.2) is 42.6 Å². The Morgan fingerprint density at radius 1 is 1.09 bits per heavy atom. The maximum Gasteiger partial charge on any atom is 0.225 e. The molecule has 2 saturated heterocycles. The normalized spacial score (nSPS) is 26.5. The van der Waals surface area contributed by atoms with E-state index >= 15 is 0 Å². The molecule has 2 aliphatic heterocycles. The van der Waals surface area contributed by atoms with Gasteiger partial charge in [0.05, 0.1) is 0 Å². The summed E-state index contributed by atoms with van der Waals surface area (Å²) in [7, 11) is 0. The second-order valence-corrected chi connectivity index (χ2v) is 10.8. The predicted molar refractivity (Wildman–Crippen MR) is 134 cm³/mol. The van der Waals surface area contributed by atoms with Gasteiger partial charge in [-0.05, 0) is 92.4 Å². The van der Waals surface area contributed by atoms with Crippen molar-refractivity contribution in [3.63, 3.8) is 0 Å². The summed E-state index contributed by atoms with van der Waals surface area (Å²) >= 11 is 6.12. The third kappa shape index (κ3) is 4.68. The van der Waals surface area contributed by atoms with Gasteiger partial charge < -0.3 is 15.7 Å². The smallest absolute Gasteiger partial charge is 0.225 e. The van der Waals surface area contributed by atoms with Gasteiger partial charge in [0.25, 0.3) is 0 Å². The number of nitrogens with two attached hydrogens (primary N) is 1. The molecule has 1 aromatic carbocycles. The summed E-state index contributed by atoms with van der Waals surface area (Å²) in [5.41, 5.74) is 8.33. The first-order valence-corrected chi connectivity index (χ1v) is 13.0. The molecule has 0 unspecified atom stereocenters. The number of nitrogens with zero attached hydrogens (tertiary/aromatic N) is 3. The zero-order valence-corrected chi connectivity index (χ0v) is 20.5. The molecule has 3 fully saturated rings. The van der Waals surface area contributed by atoms with E-state index in [1.165, 1.54) is 11.1 Å². The molecule has 0 radical (unpaired) electrons. The van der Waals surface area contributed by atoms with Crippen LogP contribution < -0.4 is 5.73 Å². The summed E-state index contributed by atoms with van der Waals surface area (Å²) in [5, 5.41) is 10.7. The number of aliphatic hydroxyl groups is 1. The van der Waals surface area contributed by atoms with Gasteiger partial charge in [0.2, 0.25) is 5.91 Å². The number of anilines is 1. The summed E-state index contributed by atoms with van der Waals surface area (Å²) in [6, 6.07) is 12.1. The molecule has 3 heterocycles. The number of piperidine rings is 2. The van der Waals surface area contributed by atoms with Crippen molar-refractivity contribution in [2.45, 2.75) is 44.1 Å². The van der Waals surface area contributed by atoms with Crippen molar-refractivity contribution in [3.8, 4) is 0 Å². The number of nitrogen functional groups attached to an aromatic ring is 1. The van der Waals surface area contributed by atoms with Gasteiger partial charge in [-0.15, -0.1) is 0 Å². The second kappa shape index (κ2) is 9.84. The molecule has 7 heteroatoms. The molecule has 1 aliphatic carbocycles. The Balaban J connectivity index is 1.14. The number of hydrogen-bond donors (Lipinski definition) is 2. The van der Waals surface area contributed by atoms with Gasteiger partial charge in [-0.2, -0.15) is 0 Å². The lowest BCUT2D eigenvalue weighted by Crippen LogP contribution is -2.46. The second-order valence-electron chi connectivity index (χ2n) is 10.4. The number of aromatic nitrogens is 1. The minimum atomic E-state index is 0.0518. The Morgan fingerprint density at radius 3 is 2.41 bits per heavy atom. The Morgan fingerprint density at radius 2 is 1.79 bits per heavy atom. The topological polar surface area (TPSA) is 82.7 Å². The fourth-order valence-electron chi connectivity index (χ4n) is 6.49. The van der Waals surface area contributed by atoms with Crippen LogP contribution in [-0.4, -0.2) is 58.6 Å². The molecule has 1 aromatic heterocycles. The van der Waals surface area contributed by atoms with Gasteiger partial charge in [0.1, 0.15) is 5.82 Å². The van der Waals surface area contributed by atoms with E-state index in [1.54, 1.807) is 6.20 Å². The van der Waals surface area contributed by atoms with Crippen LogP contribution in [0, 0.1) is 17.8 Å². The molecule has 6 nitrogen and oxygen atoms in total. The van der Waals surface area contributed by atoms with E-state index in [0.717, 1.165) is 69.9 Å². The molecule has 3 N–H and O–H groups in total. The Kier molecular flexibility index (Phi) is 6.83. The van der Waals surface area contributed by atoms with Gasteiger partial charge in [0, 0.05) is 48.8 Å². The monoisotopic (exact) mass is 482 g/mol. The Hall–Kier alpha value is -2.15. The van der Waals surface area contributed by atoms with Crippen LogP contribution >= 0.6 is 11.6 Å². The number of hydrogen-bond acceptors (Lipinski definition) is 5. The number of amides is 1. The number of carbonyl (C=O) groups excluding carboxylic acids is 1. The van der Waals surface area contributed by atoms with Crippen LogP contribution in [0.4, 0.5) is 5.82 Å². The molecule has 3 aliphatic rings. The predicted octanol–water partition coefficient (Wildman–Crippen LogP) is 3.72. The molecule has 0 spiro atoms. The first-order chi connectivity index (χ1) is 16.5. The highest BCUT2D eigenvalue weighted by Crippen LogP contribution is 2.61. The summed E-state index contributed by atoms with van der Waals surface area (Å²) in [6.07, 6.45) is 6.64. The third-order valence-corrected chi connectivity index (χ3v) is 8.73. The van der Waals surface area contributed by atoms with Gasteiger partial charge >= 0.3 is 0 Å². The van der Waals surface area contributed by atoms with Crippen LogP contribution in [0.5, 0.6) is 0 Å². The lowest BCUT2D eigenvalue weighted by molar-refractivity contribution is -0.138. The third-order valence-electron chi connectivity index (χ3n) is 8.48. The first kappa shape index (κ1) is 23.6. The highest BCUT2D eigenvalue weighted by atomic mass is 35.5. The van der Waals surface area contributed by atoms with Gasteiger partial charge in [-0.25, -0.2) is 4.98 Å². The fraction of sp³-hybridized carbons (Fsp3) is 0.556. The zero-order valence-electron chi connectivity index (χ0n) is 19.7. The van der Waals surface area contributed by atoms with Crippen LogP contribution in [0.25, 0.3) is 0 Å². The van der Waals surface area contributed by atoms with Crippen molar-refractivity contribution in [2.75, 3.05) is 38.5 Å². The number of likely N-dealkylation sites (tertiary alicyclic amines) is 2. The molecule has 5 rings (SSSR count). The van der Waals surface area contributed by atoms with E-state index in [2.05, 4.69) is 26.9 Å². The van der Waals surface area contributed by atoms with Crippen LogP contribution in [0.1, 0.15) is 43.2 Å². The molecule has 2 aromatic rings. The number of benzene rings is 1. The van der Waals surface area contributed by atoms with E-state index < -0.39 is 0 Å².